The summed E-state index contributed by atoms with van der Waals surface area (Å²) >= 11 is 0. The summed E-state index contributed by atoms with van der Waals surface area (Å²) in [5, 5.41) is 120. The van der Waals surface area contributed by atoms with Gasteiger partial charge in [-0.3, -0.25) is 19.6 Å². The summed E-state index contributed by atoms with van der Waals surface area (Å²) < 4.78 is 0. The molecule has 4 fully saturated rings. The number of benzene rings is 4. The minimum atomic E-state index is -0.282. The fourth-order valence-corrected chi connectivity index (χ4v) is 15.8. The van der Waals surface area contributed by atoms with E-state index in [0.717, 1.165) is 148 Å². The molecule has 0 amide bonds. The summed E-state index contributed by atoms with van der Waals surface area (Å²) in [6, 6.07) is 14.1. The van der Waals surface area contributed by atoms with E-state index in [0.29, 0.717) is 73.0 Å². The number of piperidine rings is 4. The second-order valence-corrected chi connectivity index (χ2v) is 28.0. The average molecular weight is 1170 g/mol. The zero-order valence-electron chi connectivity index (χ0n) is 51.2. The molecule has 0 radical (unpaired) electrons. The first-order valence-electron chi connectivity index (χ1n) is 31.7. The predicted molar refractivity (Wildman–Crippen MR) is 325 cm³/mol. The van der Waals surface area contributed by atoms with Gasteiger partial charge in [0.05, 0.1) is 24.4 Å². The molecule has 12 atom stereocenters. The van der Waals surface area contributed by atoms with E-state index in [-0.39, 0.29) is 94.6 Å². The molecule has 0 aromatic heterocycles. The van der Waals surface area contributed by atoms with Gasteiger partial charge in [-0.05, 0) is 217 Å². The molecule has 0 saturated carbocycles. The summed E-state index contributed by atoms with van der Waals surface area (Å²) in [6.07, 6.45) is 9.53. The van der Waals surface area contributed by atoms with Gasteiger partial charge in [0.25, 0.3) is 0 Å². The molecule has 8 aliphatic heterocycles. The minimum absolute atomic E-state index is 0.0451. The first-order valence-corrected chi connectivity index (χ1v) is 31.7. The number of rotatable bonds is 8. The standard InChI is InChI=1S/4C17H25NO3/c4*1-10(2)5-12-9-18-4-3-11-6-16(20)17(21)7-13(11)14(18)8-15(12)19/h4*6-7,10,12,14-15,19-21H,3-5,8-9H2,1-2H3/t2*12-,14-,15+;2*12-,14-,15-/m1010/s1. The van der Waals surface area contributed by atoms with Crippen molar-refractivity contribution in [3.05, 3.63) is 93.0 Å². The highest BCUT2D eigenvalue weighted by Crippen LogP contribution is 2.48. The van der Waals surface area contributed by atoms with Gasteiger partial charge in [-0.1, -0.05) is 55.4 Å². The number of hydrogen-bond acceptors (Lipinski definition) is 16. The smallest absolute Gasteiger partial charge is 0.157 e. The molecular formula is C68H100N4O12. The van der Waals surface area contributed by atoms with E-state index < -0.39 is 0 Å². The van der Waals surface area contributed by atoms with Crippen LogP contribution in [0.25, 0.3) is 0 Å². The number of fused-ring (bicyclic) bond motifs is 12. The predicted octanol–water partition coefficient (Wildman–Crippen LogP) is 9.70. The Kier molecular flexibility index (Phi) is 20.3. The van der Waals surface area contributed by atoms with E-state index in [1.54, 1.807) is 48.5 Å². The van der Waals surface area contributed by atoms with Crippen LogP contribution in [-0.2, 0) is 25.7 Å². The van der Waals surface area contributed by atoms with Gasteiger partial charge in [0.15, 0.2) is 46.0 Å². The van der Waals surface area contributed by atoms with Crippen molar-refractivity contribution in [3.8, 4) is 46.0 Å². The zero-order chi connectivity index (χ0) is 60.6. The van der Waals surface area contributed by atoms with Crippen molar-refractivity contribution in [2.45, 2.75) is 181 Å². The fraction of sp³-hybridized carbons (Fsp3) is 0.647. The van der Waals surface area contributed by atoms with Crippen LogP contribution in [0.3, 0.4) is 0 Å². The summed E-state index contributed by atoms with van der Waals surface area (Å²) in [4.78, 5) is 9.72. The highest BCUT2D eigenvalue weighted by Gasteiger charge is 2.43. The average Bonchev–Trinajstić information content (AvgIpc) is 2.44. The monoisotopic (exact) mass is 1160 g/mol. The van der Waals surface area contributed by atoms with Crippen LogP contribution in [0.4, 0.5) is 0 Å². The van der Waals surface area contributed by atoms with Gasteiger partial charge in [0, 0.05) is 76.5 Å². The number of aliphatic hydroxyl groups is 4. The van der Waals surface area contributed by atoms with Crippen molar-refractivity contribution < 1.29 is 61.3 Å². The molecule has 12 rings (SSSR count). The SMILES string of the molecule is CC(C)C[C@@H]1CN2CCc3cc(O)c(O)cc3[C@H]2C[C@@H]1O.CC(C)C[C@@H]1CN2CCc3cc(O)c(O)cc3[C@H]2C[C@H]1O.CC(C)C[C@H]1CN2CCc3cc(O)c(O)cc3[C@@H]2C[C@@H]1O.CC(C)C[C@H]1CN2CCc3cc(O)c(O)cc3[C@@H]2C[C@H]1O. The first kappa shape index (κ1) is 63.5. The van der Waals surface area contributed by atoms with E-state index in [2.05, 4.69) is 75.0 Å². The second kappa shape index (κ2) is 26.9. The highest BCUT2D eigenvalue weighted by molar-refractivity contribution is 5.51. The molecule has 0 bridgehead atoms. The van der Waals surface area contributed by atoms with Crippen molar-refractivity contribution >= 4 is 0 Å². The van der Waals surface area contributed by atoms with Crippen molar-refractivity contribution in [1.82, 2.24) is 19.6 Å². The number of aliphatic hydroxyl groups excluding tert-OH is 4. The Labute approximate surface area is 498 Å². The van der Waals surface area contributed by atoms with Gasteiger partial charge in [-0.25, -0.2) is 0 Å². The molecule has 16 heteroatoms. The Morgan fingerprint density at radius 2 is 0.488 bits per heavy atom. The third-order valence-electron chi connectivity index (χ3n) is 19.8. The number of aromatic hydroxyl groups is 8. The molecule has 8 aliphatic rings. The van der Waals surface area contributed by atoms with E-state index in [1.165, 1.54) is 0 Å². The lowest BCUT2D eigenvalue weighted by Crippen LogP contribution is -2.48. The van der Waals surface area contributed by atoms with Gasteiger partial charge in [0.2, 0.25) is 0 Å². The molecular weight excluding hydrogens is 1060 g/mol. The first-order chi connectivity index (χ1) is 39.8. The Bertz CT molecular complexity index is 2500. The maximum atomic E-state index is 10.5. The van der Waals surface area contributed by atoms with Crippen LogP contribution in [0.1, 0.15) is 175 Å². The molecule has 4 aromatic rings. The van der Waals surface area contributed by atoms with Gasteiger partial charge >= 0.3 is 0 Å². The lowest BCUT2D eigenvalue weighted by Gasteiger charge is -2.46. The van der Waals surface area contributed by atoms with Crippen LogP contribution in [0.2, 0.25) is 0 Å². The second-order valence-electron chi connectivity index (χ2n) is 28.0. The van der Waals surface area contributed by atoms with Crippen molar-refractivity contribution in [2.24, 2.45) is 47.3 Å². The van der Waals surface area contributed by atoms with Crippen molar-refractivity contribution in [2.75, 3.05) is 52.4 Å². The van der Waals surface area contributed by atoms with Gasteiger partial charge in [-0.15, -0.1) is 0 Å². The van der Waals surface area contributed by atoms with Crippen LogP contribution in [0.5, 0.6) is 46.0 Å². The lowest BCUT2D eigenvalue weighted by molar-refractivity contribution is -0.0192. The third kappa shape index (κ3) is 14.5. The number of nitrogens with zero attached hydrogens (tertiary/aromatic N) is 4. The summed E-state index contributed by atoms with van der Waals surface area (Å²) in [7, 11) is 0. The summed E-state index contributed by atoms with van der Waals surface area (Å²) in [5.74, 6) is 3.33. The van der Waals surface area contributed by atoms with Crippen molar-refractivity contribution in [1.29, 1.82) is 0 Å². The third-order valence-corrected chi connectivity index (χ3v) is 19.8. The van der Waals surface area contributed by atoms with Crippen LogP contribution in [0.15, 0.2) is 48.5 Å². The Morgan fingerprint density at radius 1 is 0.310 bits per heavy atom. The molecule has 0 aliphatic carbocycles. The van der Waals surface area contributed by atoms with E-state index in [9.17, 15) is 61.3 Å². The van der Waals surface area contributed by atoms with Crippen LogP contribution >= 0.6 is 0 Å². The van der Waals surface area contributed by atoms with Crippen LogP contribution in [0, 0.1) is 47.3 Å². The van der Waals surface area contributed by atoms with Gasteiger partial charge in [0.1, 0.15) is 0 Å². The number of phenolic OH excluding ortho intramolecular Hbond substituents is 8. The van der Waals surface area contributed by atoms with E-state index in [4.69, 9.17) is 0 Å². The number of phenols is 8. The Balaban J connectivity index is 0.000000134. The molecule has 4 aromatic carbocycles. The van der Waals surface area contributed by atoms with Crippen LogP contribution in [-0.4, -0.2) is 158 Å². The quantitative estimate of drug-likeness (QED) is 0.0733. The summed E-state index contributed by atoms with van der Waals surface area (Å²) in [6.45, 7) is 25.1. The Hall–Kier alpha value is -5.04. The molecule has 4 saturated heterocycles. The normalized spacial score (nSPS) is 29.2. The maximum Gasteiger partial charge on any atom is 0.157 e. The largest absolute Gasteiger partial charge is 0.504 e. The molecule has 84 heavy (non-hydrogen) atoms. The van der Waals surface area contributed by atoms with Gasteiger partial charge in [-0.2, -0.15) is 0 Å². The molecule has 16 nitrogen and oxygen atoms in total. The summed E-state index contributed by atoms with van der Waals surface area (Å²) in [5.41, 5.74) is 8.67. The molecule has 0 spiro atoms. The molecule has 8 heterocycles. The van der Waals surface area contributed by atoms with Crippen molar-refractivity contribution in [3.63, 3.8) is 0 Å². The molecule has 464 valence electrons. The topological polar surface area (TPSA) is 256 Å². The van der Waals surface area contributed by atoms with Crippen LogP contribution < -0.4 is 0 Å². The molecule has 12 N–H and O–H groups in total. The zero-order valence-corrected chi connectivity index (χ0v) is 51.2. The Morgan fingerprint density at radius 3 is 0.667 bits per heavy atom. The van der Waals surface area contributed by atoms with E-state index in [1.807, 2.05) is 0 Å². The minimum Gasteiger partial charge on any atom is -0.504 e. The lowest BCUT2D eigenvalue weighted by atomic mass is 9.79. The van der Waals surface area contributed by atoms with E-state index >= 15 is 0 Å². The van der Waals surface area contributed by atoms with Gasteiger partial charge < -0.3 is 61.3 Å². The maximum absolute atomic E-state index is 10.5. The molecule has 0 unspecified atom stereocenters. The highest BCUT2D eigenvalue weighted by atomic mass is 16.3. The number of hydrogen-bond donors (Lipinski definition) is 12. The fourth-order valence-electron chi connectivity index (χ4n) is 15.8.